The average Bonchev–Trinajstić information content (AvgIpc) is 3.32. The normalized spacial score (nSPS) is 15.8. The molecule has 8 aromatic rings. The Kier molecular flexibility index (Phi) is 9.28. The van der Waals surface area contributed by atoms with E-state index in [0.717, 1.165) is 56.5 Å². The first-order chi connectivity index (χ1) is 29.1. The van der Waals surface area contributed by atoms with Crippen LogP contribution in [0.15, 0.2) is 206 Å². The van der Waals surface area contributed by atoms with Crippen LogP contribution >= 0.6 is 0 Å². The fraction of sp³-hybridized carbons (Fsp3) is 0.0566. The Bertz CT molecular complexity index is 2800. The Balaban J connectivity index is 1.02. The predicted octanol–water partition coefficient (Wildman–Crippen LogP) is 12.4. The second-order valence-electron chi connectivity index (χ2n) is 15.0. The van der Waals surface area contributed by atoms with Crippen LogP contribution in [0, 0.1) is 5.41 Å². The summed E-state index contributed by atoms with van der Waals surface area (Å²) in [6.45, 7) is 2.32. The van der Waals surface area contributed by atoms with Crippen molar-refractivity contribution in [2.75, 3.05) is 0 Å². The van der Waals surface area contributed by atoms with Gasteiger partial charge in [0.05, 0.1) is 0 Å². The molecule has 2 aliphatic carbocycles. The summed E-state index contributed by atoms with van der Waals surface area (Å²) in [4.78, 5) is 29.6. The number of rotatable bonds is 8. The summed E-state index contributed by atoms with van der Waals surface area (Å²) in [6, 6.07) is 57.5. The van der Waals surface area contributed by atoms with Crippen LogP contribution in [0.3, 0.4) is 0 Å². The Labute approximate surface area is 343 Å². The number of nitrogens with zero attached hydrogens (tertiary/aromatic N) is 6. The molecule has 0 spiro atoms. The van der Waals surface area contributed by atoms with Gasteiger partial charge in [-0.05, 0) is 40.3 Å². The lowest BCUT2D eigenvalue weighted by Gasteiger charge is -2.35. The Morgan fingerprint density at radius 2 is 0.661 bits per heavy atom. The summed E-state index contributed by atoms with van der Waals surface area (Å²) in [7, 11) is 0. The van der Waals surface area contributed by atoms with E-state index in [1.807, 2.05) is 121 Å². The molecule has 0 saturated heterocycles. The third-order valence-corrected chi connectivity index (χ3v) is 11.0. The number of benzene rings is 6. The highest BCUT2D eigenvalue weighted by atomic mass is 15.0. The van der Waals surface area contributed by atoms with Crippen molar-refractivity contribution in [3.63, 3.8) is 0 Å². The van der Waals surface area contributed by atoms with E-state index in [1.165, 1.54) is 11.1 Å². The molecule has 1 unspecified atom stereocenters. The van der Waals surface area contributed by atoms with Crippen LogP contribution in [0.2, 0.25) is 0 Å². The van der Waals surface area contributed by atoms with Gasteiger partial charge in [-0.3, -0.25) is 0 Å². The molecule has 0 bridgehead atoms. The second-order valence-corrected chi connectivity index (χ2v) is 15.0. The van der Waals surface area contributed by atoms with Crippen molar-refractivity contribution in [3.05, 3.63) is 217 Å². The lowest BCUT2D eigenvalue weighted by Crippen LogP contribution is -2.20. The SMILES string of the molecule is CC12C=C(c3ccc(-c4nc(-c5ccccc5)nc(-c5ccccc5)n4)cc3)C(c3ccc(-c4nc(-c5ccccc5)nc(-c5ccccc5)n4)cc3)=CC1=CC=CC2. The van der Waals surface area contributed by atoms with E-state index in [-0.39, 0.29) is 5.41 Å². The number of aromatic nitrogens is 6. The van der Waals surface area contributed by atoms with Crippen molar-refractivity contribution in [2.24, 2.45) is 5.41 Å². The molecule has 6 heteroatoms. The van der Waals surface area contributed by atoms with Crippen molar-refractivity contribution < 1.29 is 0 Å². The Hall–Kier alpha value is -7.70. The van der Waals surface area contributed by atoms with Gasteiger partial charge in [-0.25, -0.2) is 29.9 Å². The highest BCUT2D eigenvalue weighted by molar-refractivity contribution is 6.07. The van der Waals surface area contributed by atoms with Gasteiger partial charge >= 0.3 is 0 Å². The van der Waals surface area contributed by atoms with Crippen LogP contribution in [-0.2, 0) is 0 Å². The topological polar surface area (TPSA) is 77.3 Å². The molecule has 0 amide bonds. The molecular weight excluding hydrogens is 721 g/mol. The van der Waals surface area contributed by atoms with Crippen molar-refractivity contribution in [3.8, 4) is 68.3 Å². The molecule has 6 aromatic carbocycles. The average molecular weight is 759 g/mol. The highest BCUT2D eigenvalue weighted by Crippen LogP contribution is 2.48. The smallest absolute Gasteiger partial charge is 0.164 e. The Morgan fingerprint density at radius 1 is 0.356 bits per heavy atom. The maximum Gasteiger partial charge on any atom is 0.164 e. The van der Waals surface area contributed by atoms with Crippen LogP contribution in [-0.4, -0.2) is 29.9 Å². The third kappa shape index (κ3) is 7.24. The molecule has 0 radical (unpaired) electrons. The molecule has 10 rings (SSSR count). The third-order valence-electron chi connectivity index (χ3n) is 11.0. The van der Waals surface area contributed by atoms with Gasteiger partial charge < -0.3 is 0 Å². The van der Waals surface area contributed by atoms with Gasteiger partial charge in [0.25, 0.3) is 0 Å². The molecule has 6 nitrogen and oxygen atoms in total. The zero-order chi connectivity index (χ0) is 39.6. The monoisotopic (exact) mass is 758 g/mol. The van der Waals surface area contributed by atoms with E-state index in [4.69, 9.17) is 29.9 Å². The molecule has 2 heterocycles. The molecule has 2 aromatic heterocycles. The van der Waals surface area contributed by atoms with Crippen LogP contribution in [0.25, 0.3) is 79.5 Å². The standard InChI is InChI=1S/C53H38N6/c1-53-33-15-14-24-44(53)34-45(36-25-29-42(30-26-36)51-56-47(38-16-6-2-7-17-38)54-48(57-51)39-18-8-3-9-19-39)46(35-53)37-27-31-43(32-28-37)52-58-49(40-20-10-4-11-21-40)55-50(59-52)41-22-12-5-13-23-41/h2-32,34-35H,33H2,1H3. The van der Waals surface area contributed by atoms with E-state index in [1.54, 1.807) is 0 Å². The predicted molar refractivity (Wildman–Crippen MR) is 238 cm³/mol. The van der Waals surface area contributed by atoms with Gasteiger partial charge in [0.2, 0.25) is 0 Å². The van der Waals surface area contributed by atoms with Crippen LogP contribution in [0.5, 0.6) is 0 Å². The molecule has 280 valence electrons. The number of hydrogen-bond acceptors (Lipinski definition) is 6. The van der Waals surface area contributed by atoms with Gasteiger partial charge in [0, 0.05) is 38.8 Å². The number of hydrogen-bond donors (Lipinski definition) is 0. The lowest BCUT2D eigenvalue weighted by atomic mass is 9.69. The first-order valence-corrected chi connectivity index (χ1v) is 19.8. The molecule has 0 aliphatic heterocycles. The van der Waals surface area contributed by atoms with Crippen molar-refractivity contribution in [1.82, 2.24) is 29.9 Å². The summed E-state index contributed by atoms with van der Waals surface area (Å²) in [5, 5.41) is 0. The van der Waals surface area contributed by atoms with E-state index < -0.39 is 0 Å². The zero-order valence-corrected chi connectivity index (χ0v) is 32.4. The van der Waals surface area contributed by atoms with Gasteiger partial charge in [-0.2, -0.15) is 0 Å². The van der Waals surface area contributed by atoms with Gasteiger partial charge in [0.15, 0.2) is 34.9 Å². The van der Waals surface area contributed by atoms with E-state index >= 15 is 0 Å². The van der Waals surface area contributed by atoms with Crippen molar-refractivity contribution in [1.29, 1.82) is 0 Å². The Morgan fingerprint density at radius 3 is 1.02 bits per heavy atom. The quantitative estimate of drug-likeness (QED) is 0.154. The van der Waals surface area contributed by atoms with Gasteiger partial charge in [-0.15, -0.1) is 0 Å². The molecule has 1 atom stereocenters. The molecular formula is C53H38N6. The first-order valence-electron chi connectivity index (χ1n) is 19.8. The molecule has 0 saturated carbocycles. The summed E-state index contributed by atoms with van der Waals surface area (Å²) in [6.07, 6.45) is 12.4. The summed E-state index contributed by atoms with van der Waals surface area (Å²) >= 11 is 0. The van der Waals surface area contributed by atoms with Crippen LogP contribution < -0.4 is 0 Å². The minimum absolute atomic E-state index is 0.123. The second kappa shape index (κ2) is 15.3. The minimum atomic E-state index is -0.123. The van der Waals surface area contributed by atoms with Crippen molar-refractivity contribution in [2.45, 2.75) is 13.3 Å². The molecule has 2 aliphatic rings. The molecule has 59 heavy (non-hydrogen) atoms. The minimum Gasteiger partial charge on any atom is -0.208 e. The maximum atomic E-state index is 4.97. The van der Waals surface area contributed by atoms with Gasteiger partial charge in [-0.1, -0.05) is 201 Å². The first kappa shape index (κ1) is 35.7. The number of allylic oxidation sites excluding steroid dienone is 8. The fourth-order valence-corrected chi connectivity index (χ4v) is 7.73. The lowest BCUT2D eigenvalue weighted by molar-refractivity contribution is 0.529. The summed E-state index contributed by atoms with van der Waals surface area (Å²) < 4.78 is 0. The van der Waals surface area contributed by atoms with E-state index in [9.17, 15) is 0 Å². The molecule has 0 fully saturated rings. The van der Waals surface area contributed by atoms with E-state index in [0.29, 0.717) is 34.9 Å². The van der Waals surface area contributed by atoms with Crippen molar-refractivity contribution >= 4 is 11.1 Å². The van der Waals surface area contributed by atoms with Gasteiger partial charge in [0.1, 0.15) is 0 Å². The van der Waals surface area contributed by atoms with E-state index in [2.05, 4.69) is 85.8 Å². The largest absolute Gasteiger partial charge is 0.208 e. The fourth-order valence-electron chi connectivity index (χ4n) is 7.73. The van der Waals surface area contributed by atoms with Crippen LogP contribution in [0.1, 0.15) is 24.5 Å². The van der Waals surface area contributed by atoms with Crippen LogP contribution in [0.4, 0.5) is 0 Å². The maximum absolute atomic E-state index is 4.97. The summed E-state index contributed by atoms with van der Waals surface area (Å²) in [5.41, 5.74) is 11.4. The zero-order valence-electron chi connectivity index (χ0n) is 32.4. The molecule has 0 N–H and O–H groups in total. The highest BCUT2D eigenvalue weighted by Gasteiger charge is 2.32. The summed E-state index contributed by atoms with van der Waals surface area (Å²) in [5.74, 6) is 3.83. The number of fused-ring (bicyclic) bond motifs is 1.